The molecule has 2 saturated heterocycles. The van der Waals surface area contributed by atoms with E-state index in [9.17, 15) is 4.79 Å². The first kappa shape index (κ1) is 25.9. The molecule has 3 heterocycles. The van der Waals surface area contributed by atoms with Crippen LogP contribution in [0, 0.1) is 11.3 Å². The molecule has 38 heavy (non-hydrogen) atoms. The highest BCUT2D eigenvalue weighted by Gasteiger charge is 2.29. The molecular weight excluding hydrogens is 476 g/mol. The summed E-state index contributed by atoms with van der Waals surface area (Å²) in [4.78, 5) is 20.2. The maximum absolute atomic E-state index is 13.5. The standard InChI is InChI=1S/C31H36N4O3/c1-37-28-6-2-7-29(19-28)38-30-8-4-16-35(23-30)31(36)26-5-3-15-34(22-26)27-13-17-33(18-14-27)21-25-11-9-24(20-32)10-12-25/h2-3,5-7,9-12,19,22,27,30H,4,8,13-18,21,23H2,1H3. The van der Waals surface area contributed by atoms with Crippen LogP contribution in [0.2, 0.25) is 0 Å². The molecule has 0 aromatic heterocycles. The second kappa shape index (κ2) is 12.2. The monoisotopic (exact) mass is 512 g/mol. The van der Waals surface area contributed by atoms with Gasteiger partial charge in [0.2, 0.25) is 0 Å². The summed E-state index contributed by atoms with van der Waals surface area (Å²) in [5, 5.41) is 9.00. The zero-order chi connectivity index (χ0) is 26.3. The van der Waals surface area contributed by atoms with Gasteiger partial charge in [0, 0.05) is 51.0 Å². The van der Waals surface area contributed by atoms with E-state index in [1.807, 2.05) is 59.5 Å². The average molecular weight is 513 g/mol. The summed E-state index contributed by atoms with van der Waals surface area (Å²) in [5.41, 5.74) is 2.71. The summed E-state index contributed by atoms with van der Waals surface area (Å²) >= 11 is 0. The normalized spacial score (nSPS) is 20.5. The Labute approximate surface area is 225 Å². The molecule has 2 aromatic rings. The van der Waals surface area contributed by atoms with Crippen LogP contribution in [0.3, 0.4) is 0 Å². The van der Waals surface area contributed by atoms with E-state index in [0.717, 1.165) is 75.5 Å². The Kier molecular flexibility index (Phi) is 8.30. The summed E-state index contributed by atoms with van der Waals surface area (Å²) in [5.74, 6) is 1.63. The van der Waals surface area contributed by atoms with Crippen LogP contribution >= 0.6 is 0 Å². The van der Waals surface area contributed by atoms with Gasteiger partial charge in [-0.15, -0.1) is 0 Å². The van der Waals surface area contributed by atoms with Crippen LogP contribution in [0.1, 0.15) is 36.8 Å². The van der Waals surface area contributed by atoms with Crippen LogP contribution in [0.4, 0.5) is 0 Å². The predicted molar refractivity (Wildman–Crippen MR) is 147 cm³/mol. The Bertz CT molecular complexity index is 1210. The van der Waals surface area contributed by atoms with Crippen LogP contribution in [0.15, 0.2) is 72.5 Å². The Morgan fingerprint density at radius 1 is 1.05 bits per heavy atom. The summed E-state index contributed by atoms with van der Waals surface area (Å²) in [6, 6.07) is 18.1. The van der Waals surface area contributed by atoms with Gasteiger partial charge in [0.25, 0.3) is 5.91 Å². The maximum atomic E-state index is 13.5. The highest BCUT2D eigenvalue weighted by atomic mass is 16.5. The molecule has 3 aliphatic rings. The molecule has 0 radical (unpaired) electrons. The van der Waals surface area contributed by atoms with E-state index in [0.29, 0.717) is 18.2 Å². The molecule has 7 nitrogen and oxygen atoms in total. The summed E-state index contributed by atoms with van der Waals surface area (Å²) in [7, 11) is 1.65. The summed E-state index contributed by atoms with van der Waals surface area (Å²) in [6.07, 6.45) is 10.2. The van der Waals surface area contributed by atoms with Crippen molar-refractivity contribution in [2.45, 2.75) is 44.4 Å². The number of benzene rings is 2. The second-order valence-electron chi connectivity index (χ2n) is 10.3. The van der Waals surface area contributed by atoms with Crippen LogP contribution in [-0.4, -0.2) is 72.6 Å². The SMILES string of the molecule is COc1cccc(OC2CCCN(C(=O)C3=CN(C4CCN(Cc5ccc(C#N)cc5)CC4)CC=C3)C2)c1. The second-order valence-corrected chi connectivity index (χ2v) is 10.3. The van der Waals surface area contributed by atoms with E-state index in [2.05, 4.69) is 28.1 Å². The Morgan fingerprint density at radius 2 is 1.84 bits per heavy atom. The van der Waals surface area contributed by atoms with Gasteiger partial charge in [0.05, 0.1) is 30.9 Å². The fraction of sp³-hybridized carbons (Fsp3) is 0.419. The molecule has 3 aliphatic heterocycles. The quantitative estimate of drug-likeness (QED) is 0.549. The Morgan fingerprint density at radius 3 is 2.61 bits per heavy atom. The van der Waals surface area contributed by atoms with Crippen molar-refractivity contribution in [1.82, 2.24) is 14.7 Å². The van der Waals surface area contributed by atoms with E-state index in [1.54, 1.807) is 7.11 Å². The van der Waals surface area contributed by atoms with E-state index in [1.165, 1.54) is 5.56 Å². The largest absolute Gasteiger partial charge is 0.497 e. The molecule has 0 spiro atoms. The molecule has 0 N–H and O–H groups in total. The van der Waals surface area contributed by atoms with Crippen molar-refractivity contribution in [3.63, 3.8) is 0 Å². The van der Waals surface area contributed by atoms with Gasteiger partial charge in [-0.25, -0.2) is 0 Å². The van der Waals surface area contributed by atoms with Crippen LogP contribution in [-0.2, 0) is 11.3 Å². The molecule has 5 rings (SSSR count). The van der Waals surface area contributed by atoms with Gasteiger partial charge in [0.1, 0.15) is 17.6 Å². The number of hydrogen-bond acceptors (Lipinski definition) is 6. The third-order valence-corrected chi connectivity index (χ3v) is 7.69. The Hall–Kier alpha value is -3.76. The number of piperidine rings is 2. The number of carbonyl (C=O) groups is 1. The first-order valence-electron chi connectivity index (χ1n) is 13.6. The van der Waals surface area contributed by atoms with Gasteiger partial charge in [0.15, 0.2) is 0 Å². The number of hydrogen-bond donors (Lipinski definition) is 0. The van der Waals surface area contributed by atoms with E-state index >= 15 is 0 Å². The van der Waals surface area contributed by atoms with Crippen LogP contribution in [0.25, 0.3) is 0 Å². The number of methoxy groups -OCH3 is 1. The van der Waals surface area contributed by atoms with E-state index in [4.69, 9.17) is 14.7 Å². The zero-order valence-electron chi connectivity index (χ0n) is 22.1. The van der Waals surface area contributed by atoms with Gasteiger partial charge in [-0.1, -0.05) is 30.4 Å². The van der Waals surface area contributed by atoms with Crippen molar-refractivity contribution in [2.75, 3.05) is 39.8 Å². The van der Waals surface area contributed by atoms with Gasteiger partial charge in [-0.2, -0.15) is 5.26 Å². The number of carbonyl (C=O) groups excluding carboxylic acids is 1. The molecule has 1 amide bonds. The van der Waals surface area contributed by atoms with Crippen molar-refractivity contribution >= 4 is 5.91 Å². The smallest absolute Gasteiger partial charge is 0.255 e. The predicted octanol–water partition coefficient (Wildman–Crippen LogP) is 4.36. The number of likely N-dealkylation sites (tertiary alicyclic amines) is 2. The van der Waals surface area contributed by atoms with Gasteiger partial charge >= 0.3 is 0 Å². The zero-order valence-corrected chi connectivity index (χ0v) is 22.1. The highest BCUT2D eigenvalue weighted by molar-refractivity contribution is 5.96. The Balaban J connectivity index is 1.14. The molecule has 2 fully saturated rings. The lowest BCUT2D eigenvalue weighted by molar-refractivity contribution is -0.129. The lowest BCUT2D eigenvalue weighted by atomic mass is 10.0. The topological polar surface area (TPSA) is 69.0 Å². The molecule has 7 heteroatoms. The molecule has 2 aromatic carbocycles. The van der Waals surface area contributed by atoms with Crippen LogP contribution in [0.5, 0.6) is 11.5 Å². The first-order chi connectivity index (χ1) is 18.6. The van der Waals surface area contributed by atoms with Crippen molar-refractivity contribution in [2.24, 2.45) is 0 Å². The summed E-state index contributed by atoms with van der Waals surface area (Å²) < 4.78 is 11.5. The van der Waals surface area contributed by atoms with Gasteiger partial charge in [-0.3, -0.25) is 9.69 Å². The average Bonchev–Trinajstić information content (AvgIpc) is 2.98. The lowest BCUT2D eigenvalue weighted by Gasteiger charge is -2.39. The molecule has 1 unspecified atom stereocenters. The number of nitriles is 1. The fourth-order valence-electron chi connectivity index (χ4n) is 5.58. The minimum absolute atomic E-state index is 0.0236. The number of amides is 1. The van der Waals surface area contributed by atoms with E-state index in [-0.39, 0.29) is 12.0 Å². The fourth-order valence-corrected chi connectivity index (χ4v) is 5.58. The minimum atomic E-state index is -0.0236. The molecular formula is C31H36N4O3. The van der Waals surface area contributed by atoms with Crippen molar-refractivity contribution in [3.8, 4) is 17.6 Å². The number of ether oxygens (including phenoxy) is 2. The number of rotatable bonds is 7. The highest BCUT2D eigenvalue weighted by Crippen LogP contribution is 2.25. The van der Waals surface area contributed by atoms with Crippen LogP contribution < -0.4 is 9.47 Å². The number of nitrogens with zero attached hydrogens (tertiary/aromatic N) is 4. The van der Waals surface area contributed by atoms with Gasteiger partial charge < -0.3 is 19.3 Å². The van der Waals surface area contributed by atoms with Crippen molar-refractivity contribution in [3.05, 3.63) is 83.6 Å². The summed E-state index contributed by atoms with van der Waals surface area (Å²) in [6.45, 7) is 5.16. The molecule has 0 aliphatic carbocycles. The molecule has 0 bridgehead atoms. The first-order valence-corrected chi connectivity index (χ1v) is 13.6. The molecule has 0 saturated carbocycles. The third-order valence-electron chi connectivity index (χ3n) is 7.69. The van der Waals surface area contributed by atoms with Crippen molar-refractivity contribution in [1.29, 1.82) is 5.26 Å². The van der Waals surface area contributed by atoms with Crippen molar-refractivity contribution < 1.29 is 14.3 Å². The lowest BCUT2D eigenvalue weighted by Crippen LogP contribution is -2.46. The van der Waals surface area contributed by atoms with E-state index < -0.39 is 0 Å². The minimum Gasteiger partial charge on any atom is -0.497 e. The molecule has 198 valence electrons. The maximum Gasteiger partial charge on any atom is 0.255 e. The molecule has 1 atom stereocenters. The van der Waals surface area contributed by atoms with Gasteiger partial charge in [-0.05, 0) is 55.5 Å². The third kappa shape index (κ3) is 6.38.